The average Bonchev–Trinajstić information content (AvgIpc) is 3.55. The van der Waals surface area contributed by atoms with Crippen molar-refractivity contribution < 1.29 is 14.3 Å². The second-order valence-electron chi connectivity index (χ2n) is 7.97. The van der Waals surface area contributed by atoms with Crippen LogP contribution in [0.25, 0.3) is 16.6 Å². The van der Waals surface area contributed by atoms with Gasteiger partial charge >= 0.3 is 0 Å². The molecule has 0 spiro atoms. The first-order valence-corrected chi connectivity index (χ1v) is 11.4. The Morgan fingerprint density at radius 2 is 2.03 bits per heavy atom. The monoisotopic (exact) mass is 472 g/mol. The molecule has 0 aliphatic carbocycles. The van der Waals surface area contributed by atoms with Crippen LogP contribution in [0.4, 0.5) is 0 Å². The molecule has 0 fully saturated rings. The summed E-state index contributed by atoms with van der Waals surface area (Å²) in [6, 6.07) is 17.0. The number of ether oxygens (including phenoxy) is 1. The number of carbonyl (C=O) groups is 2. The topological polar surface area (TPSA) is 103 Å². The summed E-state index contributed by atoms with van der Waals surface area (Å²) in [7, 11) is 1.61. The fourth-order valence-corrected chi connectivity index (χ4v) is 3.73. The molecular formula is C26H28N6O3. The number of fused-ring (bicyclic) bond motifs is 1. The molecule has 35 heavy (non-hydrogen) atoms. The molecule has 2 aromatic carbocycles. The Morgan fingerprint density at radius 1 is 1.11 bits per heavy atom. The van der Waals surface area contributed by atoms with Gasteiger partial charge in [-0.15, -0.1) is 0 Å². The second-order valence-corrected chi connectivity index (χ2v) is 7.97. The molecule has 2 N–H and O–H groups in total. The van der Waals surface area contributed by atoms with E-state index in [1.807, 2.05) is 60.9 Å². The van der Waals surface area contributed by atoms with Crippen LogP contribution in [0.15, 0.2) is 78.3 Å². The van der Waals surface area contributed by atoms with Crippen molar-refractivity contribution in [2.24, 2.45) is 5.10 Å². The first-order valence-electron chi connectivity index (χ1n) is 11.4. The standard InChI is InChI=1S/C26H28N6O3/c1-35-16-12-27-25(33)7-3-13-31-15-10-21-18-22(8-9-24(21)31)26(34)30-28-19-20-5-2-6-23(17-20)32-14-4-11-29-32/h2,4-6,8-11,14-15,17-19H,3,7,12-13,16H2,1H3,(H,27,33)(H,30,34). The molecule has 2 aromatic heterocycles. The van der Waals surface area contributed by atoms with Crippen LogP contribution in [0.5, 0.6) is 0 Å². The van der Waals surface area contributed by atoms with E-state index >= 15 is 0 Å². The van der Waals surface area contributed by atoms with Gasteiger partial charge in [-0.05, 0) is 54.4 Å². The van der Waals surface area contributed by atoms with E-state index in [1.54, 1.807) is 30.3 Å². The number of hydrogen-bond donors (Lipinski definition) is 2. The molecule has 0 radical (unpaired) electrons. The van der Waals surface area contributed by atoms with Crippen LogP contribution in [0.1, 0.15) is 28.8 Å². The van der Waals surface area contributed by atoms with Gasteiger partial charge in [0.2, 0.25) is 5.91 Å². The molecule has 4 rings (SSSR count). The molecular weight excluding hydrogens is 444 g/mol. The highest BCUT2D eigenvalue weighted by Crippen LogP contribution is 2.18. The third-order valence-electron chi connectivity index (χ3n) is 5.48. The van der Waals surface area contributed by atoms with Crippen molar-refractivity contribution in [2.45, 2.75) is 19.4 Å². The zero-order valence-corrected chi connectivity index (χ0v) is 19.6. The molecule has 0 unspecified atom stereocenters. The summed E-state index contributed by atoms with van der Waals surface area (Å²) in [6.07, 6.45) is 8.33. The highest BCUT2D eigenvalue weighted by molar-refractivity contribution is 5.98. The third-order valence-corrected chi connectivity index (χ3v) is 5.48. The molecule has 0 aliphatic heterocycles. The zero-order chi connectivity index (χ0) is 24.5. The molecule has 0 bridgehead atoms. The van der Waals surface area contributed by atoms with E-state index in [1.165, 1.54) is 0 Å². The summed E-state index contributed by atoms with van der Waals surface area (Å²) < 4.78 is 8.78. The van der Waals surface area contributed by atoms with Gasteiger partial charge in [0.25, 0.3) is 5.91 Å². The van der Waals surface area contributed by atoms with Gasteiger partial charge in [-0.2, -0.15) is 10.2 Å². The number of amides is 2. The van der Waals surface area contributed by atoms with E-state index < -0.39 is 0 Å². The minimum atomic E-state index is -0.285. The largest absolute Gasteiger partial charge is 0.383 e. The number of nitrogens with zero attached hydrogens (tertiary/aromatic N) is 4. The average molecular weight is 473 g/mol. The summed E-state index contributed by atoms with van der Waals surface area (Å²) in [5, 5.41) is 12.1. The number of carbonyl (C=O) groups excluding carboxylic acids is 2. The van der Waals surface area contributed by atoms with Crippen molar-refractivity contribution in [1.29, 1.82) is 0 Å². The number of aryl methyl sites for hydroxylation is 1. The fourth-order valence-electron chi connectivity index (χ4n) is 3.73. The first-order chi connectivity index (χ1) is 17.1. The molecule has 0 saturated heterocycles. The van der Waals surface area contributed by atoms with Crippen LogP contribution in [-0.4, -0.2) is 52.6 Å². The predicted octanol–water partition coefficient (Wildman–Crippen LogP) is 3.13. The minimum Gasteiger partial charge on any atom is -0.383 e. The van der Waals surface area contributed by atoms with E-state index in [9.17, 15) is 9.59 Å². The fraction of sp³-hybridized carbons (Fsp3) is 0.231. The molecule has 180 valence electrons. The van der Waals surface area contributed by atoms with Gasteiger partial charge < -0.3 is 14.6 Å². The Balaban J connectivity index is 1.32. The summed E-state index contributed by atoms with van der Waals surface area (Å²) in [6.45, 7) is 1.75. The zero-order valence-electron chi connectivity index (χ0n) is 19.6. The third kappa shape index (κ3) is 6.42. The van der Waals surface area contributed by atoms with Crippen molar-refractivity contribution in [3.8, 4) is 5.69 Å². The van der Waals surface area contributed by atoms with E-state index in [4.69, 9.17) is 4.74 Å². The molecule has 4 aromatic rings. The van der Waals surface area contributed by atoms with Crippen molar-refractivity contribution in [1.82, 2.24) is 25.1 Å². The first kappa shape index (κ1) is 23.9. The number of rotatable bonds is 11. The van der Waals surface area contributed by atoms with Crippen LogP contribution in [0.3, 0.4) is 0 Å². The van der Waals surface area contributed by atoms with Crippen molar-refractivity contribution in [3.63, 3.8) is 0 Å². The highest BCUT2D eigenvalue weighted by Gasteiger charge is 2.09. The van der Waals surface area contributed by atoms with Gasteiger partial charge in [-0.25, -0.2) is 10.1 Å². The summed E-state index contributed by atoms with van der Waals surface area (Å²) in [5.41, 5.74) is 5.88. The van der Waals surface area contributed by atoms with E-state index in [0.29, 0.717) is 31.7 Å². The highest BCUT2D eigenvalue weighted by atomic mass is 16.5. The normalized spacial score (nSPS) is 11.2. The maximum absolute atomic E-state index is 12.6. The van der Waals surface area contributed by atoms with Crippen LogP contribution < -0.4 is 10.7 Å². The Kier molecular flexibility index (Phi) is 8.03. The lowest BCUT2D eigenvalue weighted by Gasteiger charge is -2.07. The Morgan fingerprint density at radius 3 is 2.86 bits per heavy atom. The Bertz CT molecular complexity index is 1310. The van der Waals surface area contributed by atoms with Crippen molar-refractivity contribution in [2.75, 3.05) is 20.3 Å². The summed E-state index contributed by atoms with van der Waals surface area (Å²) in [4.78, 5) is 24.4. The molecule has 0 atom stereocenters. The summed E-state index contributed by atoms with van der Waals surface area (Å²) >= 11 is 0. The molecule has 2 amide bonds. The predicted molar refractivity (Wildman–Crippen MR) is 135 cm³/mol. The quantitative estimate of drug-likeness (QED) is 0.199. The maximum Gasteiger partial charge on any atom is 0.271 e. The lowest BCUT2D eigenvalue weighted by Crippen LogP contribution is -2.26. The second kappa shape index (κ2) is 11.8. The van der Waals surface area contributed by atoms with Crippen LogP contribution in [0.2, 0.25) is 0 Å². The van der Waals surface area contributed by atoms with Crippen LogP contribution in [0, 0.1) is 0 Å². The SMILES string of the molecule is COCCNC(=O)CCCn1ccc2cc(C(=O)NN=Cc3cccc(-n4cccn4)c3)ccc21. The molecule has 9 nitrogen and oxygen atoms in total. The number of hydrazone groups is 1. The van der Waals surface area contributed by atoms with E-state index in [-0.39, 0.29) is 11.8 Å². The van der Waals surface area contributed by atoms with Gasteiger partial charge in [-0.1, -0.05) is 12.1 Å². The van der Waals surface area contributed by atoms with Gasteiger partial charge in [0.1, 0.15) is 0 Å². The van der Waals surface area contributed by atoms with Gasteiger partial charge in [0.15, 0.2) is 0 Å². The maximum atomic E-state index is 12.6. The minimum absolute atomic E-state index is 0.0196. The molecule has 0 aliphatic rings. The number of methoxy groups -OCH3 is 1. The molecule has 9 heteroatoms. The van der Waals surface area contributed by atoms with Gasteiger partial charge in [0.05, 0.1) is 18.5 Å². The number of benzene rings is 2. The Hall–Kier alpha value is -4.24. The smallest absolute Gasteiger partial charge is 0.271 e. The van der Waals surface area contributed by atoms with Gasteiger partial charge in [-0.3, -0.25) is 9.59 Å². The number of nitrogens with one attached hydrogen (secondary N) is 2. The summed E-state index contributed by atoms with van der Waals surface area (Å²) in [5.74, 6) is -0.266. The van der Waals surface area contributed by atoms with E-state index in [0.717, 1.165) is 28.6 Å². The number of aromatic nitrogens is 3. The lowest BCUT2D eigenvalue weighted by atomic mass is 10.1. The van der Waals surface area contributed by atoms with Gasteiger partial charge in [0, 0.05) is 61.7 Å². The lowest BCUT2D eigenvalue weighted by molar-refractivity contribution is -0.121. The van der Waals surface area contributed by atoms with E-state index in [2.05, 4.69) is 25.5 Å². The van der Waals surface area contributed by atoms with Crippen LogP contribution >= 0.6 is 0 Å². The molecule has 2 heterocycles. The number of hydrogen-bond acceptors (Lipinski definition) is 5. The van der Waals surface area contributed by atoms with Crippen LogP contribution in [-0.2, 0) is 16.1 Å². The Labute approximate surface area is 203 Å². The van der Waals surface area contributed by atoms with Crippen molar-refractivity contribution in [3.05, 3.63) is 84.3 Å². The van der Waals surface area contributed by atoms with Crippen molar-refractivity contribution >= 4 is 28.9 Å². The molecule has 0 saturated carbocycles.